The number of nitrogens with zero attached hydrogens (tertiary/aromatic N) is 2. The van der Waals surface area contributed by atoms with Gasteiger partial charge in [0.25, 0.3) is 0 Å². The lowest BCUT2D eigenvalue weighted by Crippen LogP contribution is -2.12. The third-order valence-electron chi connectivity index (χ3n) is 3.83. The van der Waals surface area contributed by atoms with E-state index in [1.54, 1.807) is 7.11 Å². The van der Waals surface area contributed by atoms with Crippen molar-refractivity contribution in [3.63, 3.8) is 0 Å². The van der Waals surface area contributed by atoms with Gasteiger partial charge in [0.15, 0.2) is 5.82 Å². The van der Waals surface area contributed by atoms with Crippen molar-refractivity contribution >= 4 is 0 Å². The van der Waals surface area contributed by atoms with Crippen molar-refractivity contribution in [1.29, 1.82) is 0 Å². The van der Waals surface area contributed by atoms with Gasteiger partial charge < -0.3 is 10.5 Å². The molecule has 0 radical (unpaired) electrons. The van der Waals surface area contributed by atoms with Gasteiger partial charge >= 0.3 is 0 Å². The average Bonchev–Trinajstić information content (AvgIpc) is 2.68. The fraction of sp³-hybridized carbons (Fsp3) is 0.375. The molecule has 1 heterocycles. The Morgan fingerprint density at radius 2 is 2.10 bits per heavy atom. The van der Waals surface area contributed by atoms with E-state index in [4.69, 9.17) is 15.5 Å². The van der Waals surface area contributed by atoms with Crippen LogP contribution in [0.3, 0.4) is 0 Å². The van der Waals surface area contributed by atoms with Gasteiger partial charge in [-0.2, -0.15) is 0 Å². The number of benzene rings is 1. The maximum absolute atomic E-state index is 6.19. The number of hydrogen-bond acceptors (Lipinski definition) is 4. The van der Waals surface area contributed by atoms with Gasteiger partial charge in [0.05, 0.1) is 12.7 Å². The molecule has 4 heteroatoms. The summed E-state index contributed by atoms with van der Waals surface area (Å²) in [5.74, 6) is 1.51. The third kappa shape index (κ3) is 2.39. The van der Waals surface area contributed by atoms with Gasteiger partial charge in [-0.25, -0.2) is 9.97 Å². The molecule has 1 atom stereocenters. The smallest absolute Gasteiger partial charge is 0.163 e. The van der Waals surface area contributed by atoms with Crippen LogP contribution in [0.15, 0.2) is 30.5 Å². The highest BCUT2D eigenvalue weighted by Gasteiger charge is 2.18. The van der Waals surface area contributed by atoms with Crippen LogP contribution in [0, 0.1) is 0 Å². The molecule has 0 bridgehead atoms. The molecule has 0 aliphatic heterocycles. The molecule has 1 unspecified atom stereocenters. The molecule has 20 heavy (non-hydrogen) atoms. The Morgan fingerprint density at radius 1 is 1.25 bits per heavy atom. The molecule has 0 saturated carbocycles. The predicted molar refractivity (Wildman–Crippen MR) is 78.5 cm³/mol. The van der Waals surface area contributed by atoms with Gasteiger partial charge in [-0.3, -0.25) is 0 Å². The molecule has 0 amide bonds. The van der Waals surface area contributed by atoms with Gasteiger partial charge in [0, 0.05) is 23.5 Å². The van der Waals surface area contributed by atoms with Crippen LogP contribution in [0.4, 0.5) is 0 Å². The second-order valence-electron chi connectivity index (χ2n) is 5.15. The van der Waals surface area contributed by atoms with Crippen LogP contribution in [0.1, 0.15) is 36.6 Å². The predicted octanol–water partition coefficient (Wildman–Crippen LogP) is 2.88. The van der Waals surface area contributed by atoms with Crippen molar-refractivity contribution in [2.24, 2.45) is 5.73 Å². The summed E-state index contributed by atoms with van der Waals surface area (Å²) in [5, 5.41) is 0. The minimum Gasteiger partial charge on any atom is -0.496 e. The van der Waals surface area contributed by atoms with E-state index in [0.717, 1.165) is 54.1 Å². The zero-order chi connectivity index (χ0) is 13.9. The fourth-order valence-corrected chi connectivity index (χ4v) is 2.71. The SMILES string of the molecule is COc1ccccc1-c1ncc2c(n1)CCCCC2N. The molecule has 0 spiro atoms. The van der Waals surface area contributed by atoms with Crippen molar-refractivity contribution in [2.75, 3.05) is 7.11 Å². The van der Waals surface area contributed by atoms with Crippen LogP contribution in [0.25, 0.3) is 11.4 Å². The molecule has 4 nitrogen and oxygen atoms in total. The Hall–Kier alpha value is -1.94. The highest BCUT2D eigenvalue weighted by molar-refractivity contribution is 5.64. The zero-order valence-corrected chi connectivity index (χ0v) is 11.7. The van der Waals surface area contributed by atoms with E-state index in [-0.39, 0.29) is 6.04 Å². The summed E-state index contributed by atoms with van der Waals surface area (Å²) < 4.78 is 5.38. The summed E-state index contributed by atoms with van der Waals surface area (Å²) in [4.78, 5) is 9.22. The van der Waals surface area contributed by atoms with E-state index in [0.29, 0.717) is 0 Å². The van der Waals surface area contributed by atoms with Crippen LogP contribution >= 0.6 is 0 Å². The molecular weight excluding hydrogens is 250 g/mol. The molecule has 1 aromatic carbocycles. The van der Waals surface area contributed by atoms with Gasteiger partial charge in [-0.15, -0.1) is 0 Å². The Bertz CT molecular complexity index is 612. The standard InChI is InChI=1S/C16H19N3O/c1-20-15-9-5-2-6-11(15)16-18-10-12-13(17)7-3-4-8-14(12)19-16/h2,5-6,9-10,13H,3-4,7-8,17H2,1H3. The first-order valence-electron chi connectivity index (χ1n) is 7.04. The molecule has 104 valence electrons. The molecule has 2 N–H and O–H groups in total. The summed E-state index contributed by atoms with van der Waals surface area (Å²) in [5.41, 5.74) is 9.30. The molecule has 2 aromatic rings. The van der Waals surface area contributed by atoms with Crippen LogP contribution in [-0.2, 0) is 6.42 Å². The van der Waals surface area contributed by atoms with E-state index in [2.05, 4.69) is 4.98 Å². The highest BCUT2D eigenvalue weighted by Crippen LogP contribution is 2.30. The monoisotopic (exact) mass is 269 g/mol. The molecule has 0 saturated heterocycles. The van der Waals surface area contributed by atoms with Crippen LogP contribution in [0.5, 0.6) is 5.75 Å². The number of aromatic nitrogens is 2. The highest BCUT2D eigenvalue weighted by atomic mass is 16.5. The van der Waals surface area contributed by atoms with Crippen molar-refractivity contribution in [3.8, 4) is 17.1 Å². The molecular formula is C16H19N3O. The largest absolute Gasteiger partial charge is 0.496 e. The second-order valence-corrected chi connectivity index (χ2v) is 5.15. The quantitative estimate of drug-likeness (QED) is 0.852. The lowest BCUT2D eigenvalue weighted by atomic mass is 10.1. The summed E-state index contributed by atoms with van der Waals surface area (Å²) >= 11 is 0. The van der Waals surface area contributed by atoms with Crippen molar-refractivity contribution in [1.82, 2.24) is 9.97 Å². The number of nitrogens with two attached hydrogens (primary N) is 1. The molecule has 0 fully saturated rings. The lowest BCUT2D eigenvalue weighted by molar-refractivity contribution is 0.416. The van der Waals surface area contributed by atoms with E-state index >= 15 is 0 Å². The van der Waals surface area contributed by atoms with Gasteiger partial charge in [0.1, 0.15) is 5.75 Å². The molecule has 1 aliphatic carbocycles. The Morgan fingerprint density at radius 3 is 2.95 bits per heavy atom. The zero-order valence-electron chi connectivity index (χ0n) is 11.7. The third-order valence-corrected chi connectivity index (χ3v) is 3.83. The van der Waals surface area contributed by atoms with E-state index in [9.17, 15) is 0 Å². The number of hydrogen-bond donors (Lipinski definition) is 1. The average molecular weight is 269 g/mol. The second kappa shape index (κ2) is 5.59. The van der Waals surface area contributed by atoms with Crippen LogP contribution in [-0.4, -0.2) is 17.1 Å². The number of ether oxygens (including phenoxy) is 1. The minimum atomic E-state index is 0.0687. The summed E-state index contributed by atoms with van der Waals surface area (Å²) in [6.07, 6.45) is 6.18. The molecule has 3 rings (SSSR count). The van der Waals surface area contributed by atoms with Gasteiger partial charge in [0.2, 0.25) is 0 Å². The topological polar surface area (TPSA) is 61.0 Å². The number of para-hydroxylation sites is 1. The number of methoxy groups -OCH3 is 1. The lowest BCUT2D eigenvalue weighted by Gasteiger charge is -2.13. The van der Waals surface area contributed by atoms with Gasteiger partial charge in [-0.05, 0) is 31.4 Å². The van der Waals surface area contributed by atoms with E-state index in [1.807, 2.05) is 30.5 Å². The van der Waals surface area contributed by atoms with Crippen molar-refractivity contribution in [3.05, 3.63) is 41.7 Å². The summed E-state index contributed by atoms with van der Waals surface area (Å²) in [7, 11) is 1.66. The Kier molecular flexibility index (Phi) is 3.65. The van der Waals surface area contributed by atoms with Gasteiger partial charge in [-0.1, -0.05) is 18.6 Å². The molecule has 1 aliphatic rings. The van der Waals surface area contributed by atoms with Crippen LogP contribution in [0.2, 0.25) is 0 Å². The van der Waals surface area contributed by atoms with Crippen LogP contribution < -0.4 is 10.5 Å². The Labute approximate surface area is 119 Å². The van der Waals surface area contributed by atoms with E-state index in [1.165, 1.54) is 0 Å². The summed E-state index contributed by atoms with van der Waals surface area (Å²) in [6.45, 7) is 0. The first kappa shape index (κ1) is 13.1. The first-order valence-corrected chi connectivity index (χ1v) is 7.04. The number of aryl methyl sites for hydroxylation is 1. The Balaban J connectivity index is 2.06. The fourth-order valence-electron chi connectivity index (χ4n) is 2.71. The van der Waals surface area contributed by atoms with Crippen molar-refractivity contribution in [2.45, 2.75) is 31.7 Å². The summed E-state index contributed by atoms with van der Waals surface area (Å²) in [6, 6.07) is 7.90. The molecule has 1 aromatic heterocycles. The normalized spacial score (nSPS) is 18.2. The van der Waals surface area contributed by atoms with Crippen molar-refractivity contribution < 1.29 is 4.74 Å². The maximum atomic E-state index is 6.19. The first-order chi connectivity index (χ1) is 9.79. The number of fused-ring (bicyclic) bond motifs is 1. The minimum absolute atomic E-state index is 0.0687. The van der Waals surface area contributed by atoms with E-state index < -0.39 is 0 Å². The number of rotatable bonds is 2. The maximum Gasteiger partial charge on any atom is 0.163 e.